The van der Waals surface area contributed by atoms with E-state index in [9.17, 15) is 0 Å². The highest BCUT2D eigenvalue weighted by Gasteiger charge is 2.15. The van der Waals surface area contributed by atoms with E-state index in [0.29, 0.717) is 0 Å². The van der Waals surface area contributed by atoms with Crippen molar-refractivity contribution in [3.8, 4) is 0 Å². The molecule has 1 heterocycles. The fourth-order valence-corrected chi connectivity index (χ4v) is 1.82. The van der Waals surface area contributed by atoms with Gasteiger partial charge in [0.15, 0.2) is 0 Å². The average molecular weight is 178 g/mol. The molecular formula is C9H20ClN. The molecule has 1 rings (SSSR count). The van der Waals surface area contributed by atoms with Crippen molar-refractivity contribution in [3.63, 3.8) is 0 Å². The van der Waals surface area contributed by atoms with Gasteiger partial charge >= 0.3 is 0 Å². The van der Waals surface area contributed by atoms with E-state index < -0.39 is 0 Å². The molecule has 0 aromatic carbocycles. The highest BCUT2D eigenvalue weighted by Crippen LogP contribution is 2.15. The second-order valence-corrected chi connectivity index (χ2v) is 3.48. The quantitative estimate of drug-likeness (QED) is 0.684. The maximum absolute atomic E-state index is 3.62. The van der Waals surface area contributed by atoms with Crippen molar-refractivity contribution in [1.82, 2.24) is 5.32 Å². The first-order valence-electron chi connectivity index (χ1n) is 4.59. The zero-order chi connectivity index (χ0) is 7.40. The smallest absolute Gasteiger partial charge is 0.00694 e. The van der Waals surface area contributed by atoms with Gasteiger partial charge in [0, 0.05) is 12.1 Å². The number of hydrogen-bond donors (Lipinski definition) is 1. The molecule has 1 N–H and O–H groups in total. The normalized spacial score (nSPS) is 31.1. The lowest BCUT2D eigenvalue weighted by atomic mass is 9.97. The molecule has 2 unspecified atom stereocenters. The summed E-state index contributed by atoms with van der Waals surface area (Å²) in [6.07, 6.45) is 6.89. The number of rotatable bonds is 2. The van der Waals surface area contributed by atoms with Crippen molar-refractivity contribution in [2.45, 2.75) is 58.0 Å². The molecule has 0 aromatic heterocycles. The van der Waals surface area contributed by atoms with Crippen LogP contribution in [0.5, 0.6) is 0 Å². The Kier molecular flexibility index (Phi) is 5.98. The Bertz CT molecular complexity index is 93.6. The largest absolute Gasteiger partial charge is 0.312 e. The first-order chi connectivity index (χ1) is 4.83. The summed E-state index contributed by atoms with van der Waals surface area (Å²) in [7, 11) is 0. The Morgan fingerprint density at radius 1 is 1.36 bits per heavy atom. The summed E-state index contributed by atoms with van der Waals surface area (Å²) in [4.78, 5) is 0. The zero-order valence-corrected chi connectivity index (χ0v) is 8.41. The summed E-state index contributed by atoms with van der Waals surface area (Å²) in [5.74, 6) is 0. The standard InChI is InChI=1S/C9H19N.ClH/c1-3-5-9-7-4-6-8(2)10-9;/h8-10H,3-7H2,1-2H3;1H. The number of halogens is 1. The molecule has 0 radical (unpaired) electrons. The van der Waals surface area contributed by atoms with E-state index in [0.717, 1.165) is 12.1 Å². The van der Waals surface area contributed by atoms with E-state index in [1.165, 1.54) is 32.1 Å². The van der Waals surface area contributed by atoms with Gasteiger partial charge in [0.1, 0.15) is 0 Å². The number of piperidine rings is 1. The van der Waals surface area contributed by atoms with Gasteiger partial charge in [-0.15, -0.1) is 12.4 Å². The van der Waals surface area contributed by atoms with Gasteiger partial charge in [-0.25, -0.2) is 0 Å². The molecule has 0 saturated carbocycles. The SMILES string of the molecule is CCCC1CCCC(C)N1.Cl. The van der Waals surface area contributed by atoms with E-state index in [4.69, 9.17) is 0 Å². The second kappa shape index (κ2) is 5.84. The van der Waals surface area contributed by atoms with Gasteiger partial charge < -0.3 is 5.32 Å². The van der Waals surface area contributed by atoms with E-state index in [1.54, 1.807) is 0 Å². The van der Waals surface area contributed by atoms with Crippen LogP contribution in [-0.4, -0.2) is 12.1 Å². The monoisotopic (exact) mass is 177 g/mol. The zero-order valence-electron chi connectivity index (χ0n) is 7.60. The van der Waals surface area contributed by atoms with Crippen LogP contribution < -0.4 is 5.32 Å². The maximum Gasteiger partial charge on any atom is 0.00694 e. The predicted octanol–water partition coefficient (Wildman–Crippen LogP) is 2.74. The summed E-state index contributed by atoms with van der Waals surface area (Å²) < 4.78 is 0. The molecule has 1 saturated heterocycles. The van der Waals surface area contributed by atoms with Crippen LogP contribution in [0.15, 0.2) is 0 Å². The minimum Gasteiger partial charge on any atom is -0.312 e. The lowest BCUT2D eigenvalue weighted by Crippen LogP contribution is -2.40. The molecule has 0 aliphatic carbocycles. The van der Waals surface area contributed by atoms with Crippen LogP contribution in [0.1, 0.15) is 46.0 Å². The van der Waals surface area contributed by atoms with Crippen molar-refractivity contribution in [1.29, 1.82) is 0 Å². The van der Waals surface area contributed by atoms with Crippen molar-refractivity contribution in [2.75, 3.05) is 0 Å². The topological polar surface area (TPSA) is 12.0 Å². The van der Waals surface area contributed by atoms with Crippen LogP contribution >= 0.6 is 12.4 Å². The fraction of sp³-hybridized carbons (Fsp3) is 1.00. The molecule has 0 spiro atoms. The molecule has 68 valence electrons. The van der Waals surface area contributed by atoms with Crippen molar-refractivity contribution < 1.29 is 0 Å². The molecule has 0 amide bonds. The minimum absolute atomic E-state index is 0. The van der Waals surface area contributed by atoms with Gasteiger partial charge in [-0.1, -0.05) is 19.8 Å². The molecule has 1 nitrogen and oxygen atoms in total. The fourth-order valence-electron chi connectivity index (χ4n) is 1.82. The van der Waals surface area contributed by atoms with Crippen LogP contribution in [0.4, 0.5) is 0 Å². The van der Waals surface area contributed by atoms with Gasteiger partial charge in [-0.05, 0) is 26.2 Å². The Morgan fingerprint density at radius 3 is 2.64 bits per heavy atom. The third-order valence-corrected chi connectivity index (χ3v) is 2.35. The van der Waals surface area contributed by atoms with Crippen LogP contribution in [-0.2, 0) is 0 Å². The van der Waals surface area contributed by atoms with Crippen LogP contribution in [0.3, 0.4) is 0 Å². The Balaban J connectivity index is 0.000001000. The van der Waals surface area contributed by atoms with Crippen LogP contribution in [0, 0.1) is 0 Å². The predicted molar refractivity (Wildman–Crippen MR) is 52.4 cm³/mol. The molecule has 0 bridgehead atoms. The molecule has 2 atom stereocenters. The first-order valence-corrected chi connectivity index (χ1v) is 4.59. The summed E-state index contributed by atoms with van der Waals surface area (Å²) in [5, 5.41) is 3.62. The molecule has 1 aliphatic heterocycles. The van der Waals surface area contributed by atoms with Gasteiger partial charge in [-0.3, -0.25) is 0 Å². The molecule has 2 heteroatoms. The van der Waals surface area contributed by atoms with E-state index >= 15 is 0 Å². The van der Waals surface area contributed by atoms with E-state index in [-0.39, 0.29) is 12.4 Å². The van der Waals surface area contributed by atoms with E-state index in [1.807, 2.05) is 0 Å². The molecule has 11 heavy (non-hydrogen) atoms. The van der Waals surface area contributed by atoms with Gasteiger partial charge in [0.05, 0.1) is 0 Å². The lowest BCUT2D eigenvalue weighted by Gasteiger charge is -2.28. The highest BCUT2D eigenvalue weighted by molar-refractivity contribution is 5.85. The van der Waals surface area contributed by atoms with Gasteiger partial charge in [0.2, 0.25) is 0 Å². The van der Waals surface area contributed by atoms with Crippen LogP contribution in [0.2, 0.25) is 0 Å². The minimum atomic E-state index is 0. The van der Waals surface area contributed by atoms with Gasteiger partial charge in [0.25, 0.3) is 0 Å². The Hall–Kier alpha value is 0.250. The number of nitrogens with one attached hydrogen (secondary N) is 1. The van der Waals surface area contributed by atoms with Gasteiger partial charge in [-0.2, -0.15) is 0 Å². The first kappa shape index (κ1) is 11.2. The number of hydrogen-bond acceptors (Lipinski definition) is 1. The summed E-state index contributed by atoms with van der Waals surface area (Å²) >= 11 is 0. The molecule has 0 aromatic rings. The van der Waals surface area contributed by atoms with E-state index in [2.05, 4.69) is 19.2 Å². The van der Waals surface area contributed by atoms with Crippen molar-refractivity contribution in [3.05, 3.63) is 0 Å². The summed E-state index contributed by atoms with van der Waals surface area (Å²) in [5.41, 5.74) is 0. The molecular weight excluding hydrogens is 158 g/mol. The summed E-state index contributed by atoms with van der Waals surface area (Å²) in [6.45, 7) is 4.56. The lowest BCUT2D eigenvalue weighted by molar-refractivity contribution is 0.320. The van der Waals surface area contributed by atoms with Crippen molar-refractivity contribution >= 4 is 12.4 Å². The second-order valence-electron chi connectivity index (χ2n) is 3.48. The third kappa shape index (κ3) is 3.97. The summed E-state index contributed by atoms with van der Waals surface area (Å²) in [6, 6.07) is 1.60. The average Bonchev–Trinajstić information content (AvgIpc) is 1.88. The molecule has 1 fully saturated rings. The maximum atomic E-state index is 3.62. The Morgan fingerprint density at radius 2 is 2.09 bits per heavy atom. The van der Waals surface area contributed by atoms with Crippen LogP contribution in [0.25, 0.3) is 0 Å². The van der Waals surface area contributed by atoms with Crippen molar-refractivity contribution in [2.24, 2.45) is 0 Å². The Labute approximate surface area is 76.4 Å². The highest BCUT2D eigenvalue weighted by atomic mass is 35.5. The third-order valence-electron chi connectivity index (χ3n) is 2.35. The molecule has 1 aliphatic rings.